The van der Waals surface area contributed by atoms with Crippen LogP contribution in [0, 0.1) is 6.92 Å². The molecule has 3 aromatic rings. The zero-order chi connectivity index (χ0) is 18.8. The van der Waals surface area contributed by atoms with Crippen LogP contribution in [0.2, 0.25) is 0 Å². The number of thiazole rings is 1. The van der Waals surface area contributed by atoms with Crippen LogP contribution in [-0.4, -0.2) is 33.4 Å². The Kier molecular flexibility index (Phi) is 4.76. The van der Waals surface area contributed by atoms with E-state index in [0.29, 0.717) is 17.4 Å². The largest absolute Gasteiger partial charge is 0.459 e. The van der Waals surface area contributed by atoms with Crippen LogP contribution < -0.4 is 5.32 Å². The average Bonchev–Trinajstić information content (AvgIpc) is 3.42. The molecule has 1 aliphatic heterocycles. The molecule has 0 spiro atoms. The van der Waals surface area contributed by atoms with Crippen molar-refractivity contribution in [3.63, 3.8) is 0 Å². The normalized spacial score (nSPS) is 16.6. The Morgan fingerprint density at radius 2 is 2.33 bits per heavy atom. The summed E-state index contributed by atoms with van der Waals surface area (Å²) in [5.41, 5.74) is 1.43. The fourth-order valence-electron chi connectivity index (χ4n) is 3.17. The smallest absolute Gasteiger partial charge is 0.293 e. The van der Waals surface area contributed by atoms with Crippen LogP contribution in [0.5, 0.6) is 0 Å². The van der Waals surface area contributed by atoms with Crippen LogP contribution in [0.3, 0.4) is 0 Å². The van der Waals surface area contributed by atoms with E-state index in [2.05, 4.69) is 15.5 Å². The first-order valence-corrected chi connectivity index (χ1v) is 9.50. The van der Waals surface area contributed by atoms with Crippen molar-refractivity contribution >= 4 is 28.3 Å². The second-order valence-corrected chi connectivity index (χ2v) is 7.23. The summed E-state index contributed by atoms with van der Waals surface area (Å²) >= 11 is 1.28. The van der Waals surface area contributed by atoms with Crippen molar-refractivity contribution in [3.8, 4) is 0 Å². The van der Waals surface area contributed by atoms with Gasteiger partial charge in [-0.3, -0.25) is 14.9 Å². The Labute approximate surface area is 159 Å². The molecule has 0 saturated carbocycles. The summed E-state index contributed by atoms with van der Waals surface area (Å²) in [5, 5.41) is 8.80. The van der Waals surface area contributed by atoms with Crippen LogP contribution in [0.4, 0.5) is 5.13 Å². The van der Waals surface area contributed by atoms with Gasteiger partial charge in [0.2, 0.25) is 5.91 Å². The number of carbonyl (C=O) groups excluding carboxylic acids is 2. The molecule has 0 bridgehead atoms. The number of aryl methyl sites for hydroxylation is 1. The highest BCUT2D eigenvalue weighted by Crippen LogP contribution is 2.32. The third kappa shape index (κ3) is 3.77. The summed E-state index contributed by atoms with van der Waals surface area (Å²) in [5.74, 6) is 0.557. The van der Waals surface area contributed by atoms with Crippen molar-refractivity contribution in [1.29, 1.82) is 0 Å². The van der Waals surface area contributed by atoms with Crippen LogP contribution >= 0.6 is 11.3 Å². The lowest BCUT2D eigenvalue weighted by molar-refractivity contribution is -0.131. The third-order valence-corrected chi connectivity index (χ3v) is 5.20. The first kappa shape index (κ1) is 17.5. The fourth-order valence-corrected chi connectivity index (χ4v) is 3.88. The van der Waals surface area contributed by atoms with E-state index in [9.17, 15) is 9.59 Å². The molecule has 1 atom stereocenters. The van der Waals surface area contributed by atoms with Gasteiger partial charge in [-0.1, -0.05) is 5.16 Å². The summed E-state index contributed by atoms with van der Waals surface area (Å²) < 4.78 is 10.4. The maximum atomic E-state index is 12.7. The number of carbonyl (C=O) groups is 2. The topological polar surface area (TPSA) is 101 Å². The van der Waals surface area contributed by atoms with Crippen molar-refractivity contribution in [2.24, 2.45) is 0 Å². The van der Waals surface area contributed by atoms with E-state index in [1.54, 1.807) is 17.5 Å². The third-order valence-electron chi connectivity index (χ3n) is 4.40. The lowest BCUT2D eigenvalue weighted by Crippen LogP contribution is -2.31. The summed E-state index contributed by atoms with van der Waals surface area (Å²) in [6.45, 7) is 2.55. The van der Waals surface area contributed by atoms with Crippen molar-refractivity contribution in [2.45, 2.75) is 32.2 Å². The van der Waals surface area contributed by atoms with Gasteiger partial charge in [0.25, 0.3) is 5.91 Å². The number of nitrogens with one attached hydrogen (secondary N) is 1. The van der Waals surface area contributed by atoms with Gasteiger partial charge in [0.05, 0.1) is 30.1 Å². The van der Waals surface area contributed by atoms with Gasteiger partial charge in [0.15, 0.2) is 16.7 Å². The van der Waals surface area contributed by atoms with Crippen molar-refractivity contribution in [3.05, 3.63) is 52.8 Å². The molecular weight excluding hydrogens is 368 g/mol. The number of aromatic nitrogens is 2. The summed E-state index contributed by atoms with van der Waals surface area (Å²) in [6, 6.07) is 5.02. The molecule has 1 N–H and O–H groups in total. The van der Waals surface area contributed by atoms with Crippen LogP contribution in [0.1, 0.15) is 46.6 Å². The van der Waals surface area contributed by atoms with E-state index in [1.165, 1.54) is 17.6 Å². The Hall–Kier alpha value is -2.94. The maximum Gasteiger partial charge on any atom is 0.293 e. The van der Waals surface area contributed by atoms with E-state index < -0.39 is 0 Å². The van der Waals surface area contributed by atoms with Crippen molar-refractivity contribution in [2.75, 3.05) is 11.9 Å². The number of amides is 2. The molecule has 3 aromatic heterocycles. The predicted octanol–water partition coefficient (Wildman–Crippen LogP) is 3.19. The van der Waals surface area contributed by atoms with E-state index in [4.69, 9.17) is 8.94 Å². The molecule has 4 rings (SSSR count). The summed E-state index contributed by atoms with van der Waals surface area (Å²) in [4.78, 5) is 30.9. The molecule has 1 aliphatic rings. The Morgan fingerprint density at radius 3 is 3.07 bits per heavy atom. The maximum absolute atomic E-state index is 12.7. The van der Waals surface area contributed by atoms with E-state index >= 15 is 0 Å². The molecule has 4 heterocycles. The molecule has 2 amide bonds. The average molecular weight is 386 g/mol. The summed E-state index contributed by atoms with van der Waals surface area (Å²) in [6.07, 6.45) is 3.40. The number of hydrogen-bond donors (Lipinski definition) is 1. The first-order chi connectivity index (χ1) is 13.1. The number of nitrogens with zero attached hydrogens (tertiary/aromatic N) is 3. The number of anilines is 1. The minimum Gasteiger partial charge on any atom is -0.459 e. The Morgan fingerprint density at radius 1 is 1.44 bits per heavy atom. The molecule has 140 valence electrons. The van der Waals surface area contributed by atoms with Gasteiger partial charge in [0.1, 0.15) is 0 Å². The fraction of sp³-hybridized carbons (Fsp3) is 0.333. The van der Waals surface area contributed by atoms with Crippen molar-refractivity contribution in [1.82, 2.24) is 15.0 Å². The number of furan rings is 1. The Bertz CT molecular complexity index is 946. The minimum absolute atomic E-state index is 0.0132. The van der Waals surface area contributed by atoms with Crippen molar-refractivity contribution < 1.29 is 18.5 Å². The molecule has 8 nitrogen and oxygen atoms in total. The quantitative estimate of drug-likeness (QED) is 0.723. The monoisotopic (exact) mass is 386 g/mol. The SMILES string of the molecule is Cc1cc([C@@H]2CCCN2C(=O)Cc2csc(NC(=O)c3ccco3)n2)on1. The molecular formula is C18H18N4O4S. The Balaban J connectivity index is 1.39. The highest BCUT2D eigenvalue weighted by molar-refractivity contribution is 7.14. The summed E-state index contributed by atoms with van der Waals surface area (Å²) in [7, 11) is 0. The first-order valence-electron chi connectivity index (χ1n) is 8.62. The highest BCUT2D eigenvalue weighted by Gasteiger charge is 2.32. The second kappa shape index (κ2) is 7.36. The van der Waals surface area contributed by atoms with E-state index in [0.717, 1.165) is 24.3 Å². The van der Waals surface area contributed by atoms with Crippen LogP contribution in [-0.2, 0) is 11.2 Å². The molecule has 1 fully saturated rings. The zero-order valence-electron chi connectivity index (χ0n) is 14.7. The van der Waals surface area contributed by atoms with Gasteiger partial charge in [-0.25, -0.2) is 4.98 Å². The van der Waals surface area contributed by atoms with Gasteiger partial charge in [-0.05, 0) is 31.9 Å². The van der Waals surface area contributed by atoms with Gasteiger partial charge in [-0.15, -0.1) is 11.3 Å². The minimum atomic E-state index is -0.368. The van der Waals surface area contributed by atoms with Gasteiger partial charge < -0.3 is 13.8 Å². The van der Waals surface area contributed by atoms with Gasteiger partial charge in [-0.2, -0.15) is 0 Å². The predicted molar refractivity (Wildman–Crippen MR) is 97.4 cm³/mol. The molecule has 1 saturated heterocycles. The molecule has 9 heteroatoms. The molecule has 0 unspecified atom stereocenters. The van der Waals surface area contributed by atoms with Gasteiger partial charge in [0, 0.05) is 18.0 Å². The highest BCUT2D eigenvalue weighted by atomic mass is 32.1. The van der Waals surface area contributed by atoms with E-state index in [1.807, 2.05) is 17.9 Å². The van der Waals surface area contributed by atoms with Crippen LogP contribution in [0.15, 0.2) is 38.8 Å². The zero-order valence-corrected chi connectivity index (χ0v) is 15.5. The second-order valence-electron chi connectivity index (χ2n) is 6.37. The lowest BCUT2D eigenvalue weighted by Gasteiger charge is -2.22. The van der Waals surface area contributed by atoms with E-state index in [-0.39, 0.29) is 30.0 Å². The standard InChI is InChI=1S/C18H18N4O4S/c1-11-8-15(26-21-11)13-4-2-6-22(13)16(23)9-12-10-27-18(19-12)20-17(24)14-5-3-7-25-14/h3,5,7-8,10,13H,2,4,6,9H2,1H3,(H,19,20,24)/t13-/m0/s1. The number of likely N-dealkylation sites (tertiary alicyclic amines) is 1. The molecule has 27 heavy (non-hydrogen) atoms. The number of rotatable bonds is 5. The molecule has 0 radical (unpaired) electrons. The lowest BCUT2D eigenvalue weighted by atomic mass is 10.1. The number of hydrogen-bond acceptors (Lipinski definition) is 7. The molecule has 0 aliphatic carbocycles. The van der Waals surface area contributed by atoms with Gasteiger partial charge >= 0.3 is 0 Å². The molecule has 0 aromatic carbocycles. The van der Waals surface area contributed by atoms with Crippen LogP contribution in [0.25, 0.3) is 0 Å².